The van der Waals surface area contributed by atoms with Gasteiger partial charge in [-0.1, -0.05) is 5.16 Å². The second-order valence-electron chi connectivity index (χ2n) is 5.84. The fourth-order valence-electron chi connectivity index (χ4n) is 2.81. The van der Waals surface area contributed by atoms with E-state index in [-0.39, 0.29) is 5.91 Å². The number of piperazine rings is 1. The predicted octanol–water partition coefficient (Wildman–Crippen LogP) is 2.62. The van der Waals surface area contributed by atoms with E-state index >= 15 is 0 Å². The topological polar surface area (TPSA) is 49.6 Å². The van der Waals surface area contributed by atoms with Gasteiger partial charge in [-0.15, -0.1) is 11.3 Å². The standard InChI is InChI=1S/C16H21N3O2S/c1-11-8-15(21-17-11)16(20)19-6-4-18(5-7-19)10-14-9-12(2)22-13(14)3/h8-9H,4-7,10H2,1-3H3. The molecule has 0 unspecified atom stereocenters. The Kier molecular flexibility index (Phi) is 4.31. The van der Waals surface area contributed by atoms with Gasteiger partial charge in [-0.2, -0.15) is 0 Å². The highest BCUT2D eigenvalue weighted by atomic mass is 32.1. The molecule has 1 aliphatic heterocycles. The van der Waals surface area contributed by atoms with Crippen LogP contribution in [-0.4, -0.2) is 47.0 Å². The van der Waals surface area contributed by atoms with Crippen LogP contribution in [0.3, 0.4) is 0 Å². The lowest BCUT2D eigenvalue weighted by molar-refractivity contribution is 0.0588. The third-order valence-electron chi connectivity index (χ3n) is 4.04. The molecule has 0 aliphatic carbocycles. The second-order valence-corrected chi connectivity index (χ2v) is 7.30. The van der Waals surface area contributed by atoms with Crippen molar-refractivity contribution in [2.24, 2.45) is 0 Å². The molecule has 3 heterocycles. The Hall–Kier alpha value is -1.66. The van der Waals surface area contributed by atoms with E-state index < -0.39 is 0 Å². The minimum absolute atomic E-state index is 0.0530. The average molecular weight is 319 g/mol. The molecule has 5 nitrogen and oxygen atoms in total. The first-order valence-corrected chi connectivity index (χ1v) is 8.35. The molecule has 2 aromatic heterocycles. The summed E-state index contributed by atoms with van der Waals surface area (Å²) in [5, 5.41) is 3.78. The highest BCUT2D eigenvalue weighted by molar-refractivity contribution is 7.12. The molecule has 0 aromatic carbocycles. The number of thiophene rings is 1. The van der Waals surface area contributed by atoms with E-state index in [1.165, 1.54) is 15.3 Å². The number of carbonyl (C=O) groups excluding carboxylic acids is 1. The summed E-state index contributed by atoms with van der Waals surface area (Å²) in [6.45, 7) is 10.4. The van der Waals surface area contributed by atoms with Crippen LogP contribution in [0.5, 0.6) is 0 Å². The van der Waals surface area contributed by atoms with E-state index in [1.54, 1.807) is 6.07 Å². The van der Waals surface area contributed by atoms with Crippen molar-refractivity contribution in [1.82, 2.24) is 15.0 Å². The number of aromatic nitrogens is 1. The van der Waals surface area contributed by atoms with Crippen molar-refractivity contribution < 1.29 is 9.32 Å². The van der Waals surface area contributed by atoms with Crippen LogP contribution >= 0.6 is 11.3 Å². The Morgan fingerprint density at radius 2 is 1.95 bits per heavy atom. The lowest BCUT2D eigenvalue weighted by Crippen LogP contribution is -2.48. The Morgan fingerprint density at radius 3 is 2.50 bits per heavy atom. The highest BCUT2D eigenvalue weighted by Crippen LogP contribution is 2.22. The third-order valence-corrected chi connectivity index (χ3v) is 5.04. The smallest absolute Gasteiger partial charge is 0.292 e. The molecule has 1 amide bonds. The molecule has 22 heavy (non-hydrogen) atoms. The quantitative estimate of drug-likeness (QED) is 0.872. The predicted molar refractivity (Wildman–Crippen MR) is 86.2 cm³/mol. The molecule has 1 saturated heterocycles. The van der Waals surface area contributed by atoms with E-state index in [2.05, 4.69) is 30.0 Å². The molecule has 3 rings (SSSR count). The maximum absolute atomic E-state index is 12.3. The van der Waals surface area contributed by atoms with Gasteiger partial charge in [0.05, 0.1) is 5.69 Å². The van der Waals surface area contributed by atoms with E-state index in [4.69, 9.17) is 4.52 Å². The maximum atomic E-state index is 12.3. The zero-order valence-corrected chi connectivity index (χ0v) is 14.1. The van der Waals surface area contributed by atoms with Gasteiger partial charge < -0.3 is 9.42 Å². The van der Waals surface area contributed by atoms with Gasteiger partial charge in [0.1, 0.15) is 0 Å². The summed E-state index contributed by atoms with van der Waals surface area (Å²) >= 11 is 1.85. The van der Waals surface area contributed by atoms with Gasteiger partial charge in [-0.25, -0.2) is 0 Å². The van der Waals surface area contributed by atoms with Gasteiger partial charge in [0.2, 0.25) is 5.76 Å². The summed E-state index contributed by atoms with van der Waals surface area (Å²) in [6, 6.07) is 3.97. The summed E-state index contributed by atoms with van der Waals surface area (Å²) < 4.78 is 5.07. The first-order valence-electron chi connectivity index (χ1n) is 7.54. The normalized spacial score (nSPS) is 16.2. The minimum atomic E-state index is -0.0530. The van der Waals surface area contributed by atoms with E-state index in [1.807, 2.05) is 23.2 Å². The molecule has 6 heteroatoms. The highest BCUT2D eigenvalue weighted by Gasteiger charge is 2.25. The number of amides is 1. The number of aryl methyl sites for hydroxylation is 3. The molecule has 0 atom stereocenters. The van der Waals surface area contributed by atoms with Gasteiger partial charge >= 0.3 is 0 Å². The van der Waals surface area contributed by atoms with Crippen LogP contribution in [0.25, 0.3) is 0 Å². The second kappa shape index (κ2) is 6.22. The lowest BCUT2D eigenvalue weighted by atomic mass is 10.2. The first kappa shape index (κ1) is 15.2. The Bertz CT molecular complexity index is 669. The molecule has 0 radical (unpaired) electrons. The molecule has 0 bridgehead atoms. The fourth-order valence-corrected chi connectivity index (χ4v) is 3.75. The number of carbonyl (C=O) groups is 1. The van der Waals surface area contributed by atoms with E-state index in [0.717, 1.165) is 38.4 Å². The van der Waals surface area contributed by atoms with Crippen molar-refractivity contribution >= 4 is 17.2 Å². The summed E-state index contributed by atoms with van der Waals surface area (Å²) in [7, 11) is 0. The number of rotatable bonds is 3. The SMILES string of the molecule is Cc1cc(C(=O)N2CCN(Cc3cc(C)sc3C)CC2)on1. The average Bonchev–Trinajstić information content (AvgIpc) is 3.05. The number of hydrogen-bond acceptors (Lipinski definition) is 5. The Balaban J connectivity index is 1.56. The van der Waals surface area contributed by atoms with Gasteiger partial charge in [0.25, 0.3) is 5.91 Å². The van der Waals surface area contributed by atoms with Crippen LogP contribution in [0, 0.1) is 20.8 Å². The zero-order valence-electron chi connectivity index (χ0n) is 13.3. The molecule has 118 valence electrons. The molecule has 2 aromatic rings. The van der Waals surface area contributed by atoms with Crippen molar-refractivity contribution in [1.29, 1.82) is 0 Å². The van der Waals surface area contributed by atoms with Gasteiger partial charge in [-0.05, 0) is 32.4 Å². The third kappa shape index (κ3) is 3.23. The summed E-state index contributed by atoms with van der Waals surface area (Å²) in [4.78, 5) is 19.3. The van der Waals surface area contributed by atoms with Crippen LogP contribution in [0.1, 0.15) is 31.6 Å². The molecule has 0 N–H and O–H groups in total. The molecule has 1 aliphatic rings. The molecular weight excluding hydrogens is 298 g/mol. The van der Waals surface area contributed by atoms with Crippen LogP contribution < -0.4 is 0 Å². The Labute approximate surface area is 134 Å². The van der Waals surface area contributed by atoms with Crippen molar-refractivity contribution in [3.05, 3.63) is 38.9 Å². The van der Waals surface area contributed by atoms with Crippen LogP contribution in [0.4, 0.5) is 0 Å². The lowest BCUT2D eigenvalue weighted by Gasteiger charge is -2.34. The zero-order chi connectivity index (χ0) is 15.7. The van der Waals surface area contributed by atoms with Crippen molar-refractivity contribution in [3.8, 4) is 0 Å². The monoisotopic (exact) mass is 319 g/mol. The minimum Gasteiger partial charge on any atom is -0.351 e. The maximum Gasteiger partial charge on any atom is 0.292 e. The largest absolute Gasteiger partial charge is 0.351 e. The van der Waals surface area contributed by atoms with Crippen LogP contribution in [0.15, 0.2) is 16.7 Å². The summed E-state index contributed by atoms with van der Waals surface area (Å²) in [5.41, 5.74) is 2.15. The van der Waals surface area contributed by atoms with Crippen molar-refractivity contribution in [2.45, 2.75) is 27.3 Å². The van der Waals surface area contributed by atoms with E-state index in [0.29, 0.717) is 5.76 Å². The summed E-state index contributed by atoms with van der Waals surface area (Å²) in [5.74, 6) is 0.290. The Morgan fingerprint density at radius 1 is 1.23 bits per heavy atom. The number of nitrogens with zero attached hydrogens (tertiary/aromatic N) is 3. The molecule has 0 spiro atoms. The summed E-state index contributed by atoms with van der Waals surface area (Å²) in [6.07, 6.45) is 0. The van der Waals surface area contributed by atoms with Crippen LogP contribution in [-0.2, 0) is 6.54 Å². The van der Waals surface area contributed by atoms with Crippen LogP contribution in [0.2, 0.25) is 0 Å². The molecular formula is C16H21N3O2S. The van der Waals surface area contributed by atoms with E-state index in [9.17, 15) is 4.79 Å². The van der Waals surface area contributed by atoms with Crippen molar-refractivity contribution in [3.63, 3.8) is 0 Å². The van der Waals surface area contributed by atoms with Gasteiger partial charge in [-0.3, -0.25) is 9.69 Å². The van der Waals surface area contributed by atoms with Crippen molar-refractivity contribution in [2.75, 3.05) is 26.2 Å². The first-order chi connectivity index (χ1) is 10.5. The molecule has 0 saturated carbocycles. The van der Waals surface area contributed by atoms with Gasteiger partial charge in [0, 0.05) is 48.5 Å². The van der Waals surface area contributed by atoms with Gasteiger partial charge in [0.15, 0.2) is 0 Å². The molecule has 1 fully saturated rings. The number of hydrogen-bond donors (Lipinski definition) is 0. The fraction of sp³-hybridized carbons (Fsp3) is 0.500.